The Morgan fingerprint density at radius 2 is 1.46 bits per heavy atom. The normalized spacial score (nSPS) is 18.2. The van der Waals surface area contributed by atoms with Gasteiger partial charge in [-0.25, -0.2) is 19.7 Å². The molecule has 3 fully saturated rings. The molecule has 0 saturated carbocycles. The van der Waals surface area contributed by atoms with Gasteiger partial charge in [-0.3, -0.25) is 33.6 Å². The van der Waals surface area contributed by atoms with Gasteiger partial charge in [0.1, 0.15) is 48.0 Å². The number of likely N-dealkylation sites (tertiary alicyclic amines) is 2. The van der Waals surface area contributed by atoms with Crippen molar-refractivity contribution in [2.24, 2.45) is 16.6 Å². The number of guanidine groups is 1. The van der Waals surface area contributed by atoms with Gasteiger partial charge < -0.3 is 56.7 Å². The maximum atomic E-state index is 14.4. The third-order valence-electron chi connectivity index (χ3n) is 11.9. The smallest absolute Gasteiger partial charge is 0.338 e. The summed E-state index contributed by atoms with van der Waals surface area (Å²) in [5.74, 6) is -5.70. The number of hydrogen-bond acceptors (Lipinski definition) is 15. The highest BCUT2D eigenvalue weighted by Gasteiger charge is 2.44. The minimum Gasteiger partial charge on any atom is -0.459 e. The van der Waals surface area contributed by atoms with Crippen LogP contribution in [0, 0.1) is 10.1 Å². The molecule has 3 heterocycles. The summed E-state index contributed by atoms with van der Waals surface area (Å²) in [6.45, 7) is 3.42. The largest absolute Gasteiger partial charge is 0.459 e. The number of carbonyl (C=O) groups excluding carboxylic acids is 9. The third kappa shape index (κ3) is 18.4. The maximum absolute atomic E-state index is 14.4. The number of carbonyl (C=O) groups is 9. The van der Waals surface area contributed by atoms with Crippen LogP contribution in [-0.2, 0) is 59.2 Å². The number of rotatable bonds is 23. The van der Waals surface area contributed by atoms with E-state index in [-0.39, 0.29) is 69.4 Å². The molecule has 392 valence electrons. The summed E-state index contributed by atoms with van der Waals surface area (Å²) in [6.07, 6.45) is 4.41. The average Bonchev–Trinajstić information content (AvgIpc) is 4.07. The fraction of sp³-hybridized carbons (Fsp3) is 0.542. The van der Waals surface area contributed by atoms with Crippen LogP contribution in [0.5, 0.6) is 0 Å². The number of nitro groups is 1. The molecule has 2 aromatic rings. The highest BCUT2D eigenvalue weighted by molar-refractivity contribution is 5.97. The molecule has 3 aliphatic rings. The molecule has 24 nitrogen and oxygen atoms in total. The zero-order valence-corrected chi connectivity index (χ0v) is 40.6. The molecule has 72 heavy (non-hydrogen) atoms. The first-order chi connectivity index (χ1) is 34.5. The molecular weight excluding hydrogens is 941 g/mol. The van der Waals surface area contributed by atoms with Crippen molar-refractivity contribution in [1.82, 2.24) is 31.1 Å². The number of ether oxygens (including phenoxy) is 3. The highest BCUT2D eigenvalue weighted by Crippen LogP contribution is 2.27. The zero-order chi connectivity index (χ0) is 52.6. The summed E-state index contributed by atoms with van der Waals surface area (Å²) in [7, 11) is 0. The van der Waals surface area contributed by atoms with Crippen LogP contribution >= 0.6 is 0 Å². The minimum absolute atomic E-state index is 0.0554. The number of esters is 4. The van der Waals surface area contributed by atoms with E-state index in [0.29, 0.717) is 44.9 Å². The summed E-state index contributed by atoms with van der Waals surface area (Å²) in [6, 6.07) is 11.4. The predicted molar refractivity (Wildman–Crippen MR) is 257 cm³/mol. The Kier molecular flexibility index (Phi) is 23.5. The molecule has 24 heteroatoms. The second-order valence-electron chi connectivity index (χ2n) is 17.3. The Balaban J connectivity index is 0.00000127. The van der Waals surface area contributed by atoms with Crippen molar-refractivity contribution >= 4 is 59.4 Å². The van der Waals surface area contributed by atoms with Gasteiger partial charge in [-0.15, -0.1) is 0 Å². The van der Waals surface area contributed by atoms with E-state index >= 15 is 0 Å². The van der Waals surface area contributed by atoms with Gasteiger partial charge in [0.15, 0.2) is 5.03 Å². The molecule has 0 spiro atoms. The number of cyclic esters (lactones) is 2. The average molecular weight is 1010 g/mol. The van der Waals surface area contributed by atoms with Crippen LogP contribution < -0.4 is 32.7 Å². The Hall–Kier alpha value is -7.50. The minimum atomic E-state index is -1.42. The number of hydrogen-bond donors (Lipinski definition) is 6. The van der Waals surface area contributed by atoms with Gasteiger partial charge in [0.25, 0.3) is 5.96 Å². The standard InChI is InChI=1S/C43H60N10O11.C5H6O3/c1-3-4-7-19-31(47-38(56)36(49-35(54)26-44)28(2)64-41(59)30-17-10-6-11-18-30)39(57)52-25-14-22-34(52)40(58)51-24-13-21-33(51)37(55)48-32(20-12-23-46-43(45)50-53(61)62)42(60)63-27-29-15-8-5-9-16-29;6-4-2-1-3-5(7)8-4/h5-6,8-11,15-18,28,31-34,36H,3-4,7,12-14,19-27,44H2,1-2H3,(H,47,56)(H,48,55)(H,49,54)(H3,45,46,50);1-3H2. The van der Waals surface area contributed by atoms with Crippen molar-refractivity contribution in [2.45, 2.75) is 140 Å². The Bertz CT molecular complexity index is 2220. The van der Waals surface area contributed by atoms with Crippen LogP contribution in [0.15, 0.2) is 65.8 Å². The van der Waals surface area contributed by atoms with E-state index in [1.165, 1.54) is 28.9 Å². The van der Waals surface area contributed by atoms with E-state index < -0.39 is 95.3 Å². The molecule has 0 radical (unpaired) electrons. The van der Waals surface area contributed by atoms with Gasteiger partial charge in [-0.1, -0.05) is 74.7 Å². The number of unbranched alkanes of at least 4 members (excludes halogenated alkanes) is 2. The van der Waals surface area contributed by atoms with Gasteiger partial charge >= 0.3 is 23.9 Å². The molecule has 6 unspecified atom stereocenters. The van der Waals surface area contributed by atoms with Crippen LogP contribution in [0.4, 0.5) is 0 Å². The summed E-state index contributed by atoms with van der Waals surface area (Å²) in [4.78, 5) is 129. The zero-order valence-electron chi connectivity index (χ0n) is 40.6. The predicted octanol–water partition coefficient (Wildman–Crippen LogP) is 1.07. The van der Waals surface area contributed by atoms with Crippen molar-refractivity contribution in [3.63, 3.8) is 0 Å². The maximum Gasteiger partial charge on any atom is 0.338 e. The number of nitrogens with one attached hydrogen (secondary N) is 4. The van der Waals surface area contributed by atoms with E-state index in [1.807, 2.05) is 13.0 Å². The Morgan fingerprint density at radius 1 is 0.833 bits per heavy atom. The number of nitrogens with two attached hydrogens (primary N) is 2. The SMILES string of the molecule is CCCCCC(NC(=O)C(NC(=O)CN)C(C)OC(=O)c1ccccc1)C(=O)N1CCCC1C(=O)N1CCCC1C(=O)NC(CCCNC(N)=N[N+](=O)[O-])C(=O)OCc1ccccc1.O=C1CCCC(=O)O1. The van der Waals surface area contributed by atoms with E-state index in [9.17, 15) is 53.3 Å². The first-order valence-corrected chi connectivity index (χ1v) is 24.2. The van der Waals surface area contributed by atoms with Crippen LogP contribution in [0.2, 0.25) is 0 Å². The van der Waals surface area contributed by atoms with E-state index in [4.69, 9.17) is 20.9 Å². The summed E-state index contributed by atoms with van der Waals surface area (Å²) >= 11 is 0. The quantitative estimate of drug-likeness (QED) is 0.0132. The molecular formula is C48H66N10O14. The lowest BCUT2D eigenvalue weighted by Crippen LogP contribution is -2.60. The lowest BCUT2D eigenvalue weighted by Gasteiger charge is -2.34. The molecule has 0 aliphatic carbocycles. The molecule has 2 aromatic carbocycles. The third-order valence-corrected chi connectivity index (χ3v) is 11.9. The van der Waals surface area contributed by atoms with Crippen molar-refractivity contribution in [2.75, 3.05) is 26.2 Å². The number of amides is 5. The van der Waals surface area contributed by atoms with Crippen LogP contribution in [-0.4, -0.2) is 137 Å². The fourth-order valence-electron chi connectivity index (χ4n) is 8.21. The molecule has 8 N–H and O–H groups in total. The Morgan fingerprint density at radius 3 is 2.07 bits per heavy atom. The summed E-state index contributed by atoms with van der Waals surface area (Å²) < 4.78 is 15.3. The molecule has 5 rings (SSSR count). The van der Waals surface area contributed by atoms with Crippen molar-refractivity contribution in [1.29, 1.82) is 0 Å². The monoisotopic (exact) mass is 1010 g/mol. The molecule has 3 aliphatic heterocycles. The van der Waals surface area contributed by atoms with Crippen LogP contribution in [0.3, 0.4) is 0 Å². The van der Waals surface area contributed by atoms with Gasteiger partial charge in [-0.05, 0) is 76.0 Å². The van der Waals surface area contributed by atoms with Gasteiger partial charge in [0.05, 0.1) is 12.1 Å². The fourth-order valence-corrected chi connectivity index (χ4v) is 8.21. The second-order valence-corrected chi connectivity index (χ2v) is 17.3. The number of nitrogens with zero attached hydrogens (tertiary/aromatic N) is 4. The lowest BCUT2D eigenvalue weighted by atomic mass is 10.0. The lowest BCUT2D eigenvalue weighted by molar-refractivity contribution is -0.485. The van der Waals surface area contributed by atoms with Gasteiger partial charge in [0, 0.05) is 32.5 Å². The van der Waals surface area contributed by atoms with E-state index in [1.54, 1.807) is 42.5 Å². The van der Waals surface area contributed by atoms with Gasteiger partial charge in [0.2, 0.25) is 29.5 Å². The topological polar surface area (TPSA) is 343 Å². The van der Waals surface area contributed by atoms with Crippen molar-refractivity contribution in [3.8, 4) is 0 Å². The van der Waals surface area contributed by atoms with E-state index in [0.717, 1.165) is 18.4 Å². The molecule has 0 aromatic heterocycles. The summed E-state index contributed by atoms with van der Waals surface area (Å²) in [5, 5.41) is 23.3. The molecule has 0 bridgehead atoms. The highest BCUT2D eigenvalue weighted by atomic mass is 16.7. The van der Waals surface area contributed by atoms with E-state index in [2.05, 4.69) is 31.1 Å². The molecule has 5 amide bonds. The van der Waals surface area contributed by atoms with Crippen LogP contribution in [0.1, 0.15) is 113 Å². The summed E-state index contributed by atoms with van der Waals surface area (Å²) in [5.41, 5.74) is 12.0. The second kappa shape index (κ2) is 29.6. The molecule has 3 saturated heterocycles. The first-order valence-electron chi connectivity index (χ1n) is 24.2. The first kappa shape index (κ1) is 57.1. The van der Waals surface area contributed by atoms with Crippen molar-refractivity contribution in [3.05, 3.63) is 81.9 Å². The number of hydrazone groups is 1. The van der Waals surface area contributed by atoms with Crippen LogP contribution in [0.25, 0.3) is 0 Å². The van der Waals surface area contributed by atoms with Gasteiger partial charge in [-0.2, -0.15) is 0 Å². The number of benzene rings is 2. The molecule has 6 atom stereocenters. The Labute approximate surface area is 416 Å². The van der Waals surface area contributed by atoms with Crippen molar-refractivity contribution < 1.29 is 62.4 Å².